The minimum Gasteiger partial charge on any atom is -0.353 e. The second kappa shape index (κ2) is 6.53. The molecule has 1 amide bonds. The van der Waals surface area contributed by atoms with E-state index in [0.29, 0.717) is 18.0 Å². The Morgan fingerprint density at radius 1 is 1.44 bits per heavy atom. The Labute approximate surface area is 110 Å². The van der Waals surface area contributed by atoms with Crippen LogP contribution in [0.2, 0.25) is 0 Å². The van der Waals surface area contributed by atoms with Crippen LogP contribution in [-0.2, 0) is 4.79 Å². The molecule has 104 valence electrons. The van der Waals surface area contributed by atoms with Crippen LogP contribution in [0.5, 0.6) is 0 Å². The lowest BCUT2D eigenvalue weighted by Crippen LogP contribution is -2.54. The summed E-state index contributed by atoms with van der Waals surface area (Å²) in [7, 11) is 0. The van der Waals surface area contributed by atoms with Crippen molar-refractivity contribution < 1.29 is 4.79 Å². The van der Waals surface area contributed by atoms with Crippen molar-refractivity contribution in [3.63, 3.8) is 0 Å². The van der Waals surface area contributed by atoms with Crippen LogP contribution < -0.4 is 10.6 Å². The molecule has 2 aliphatic heterocycles. The van der Waals surface area contributed by atoms with E-state index in [1.807, 2.05) is 0 Å². The third-order valence-corrected chi connectivity index (χ3v) is 4.11. The van der Waals surface area contributed by atoms with Gasteiger partial charge in [0.2, 0.25) is 5.91 Å². The van der Waals surface area contributed by atoms with Gasteiger partial charge in [0.15, 0.2) is 0 Å². The van der Waals surface area contributed by atoms with Crippen molar-refractivity contribution in [2.45, 2.75) is 51.6 Å². The number of amides is 1. The van der Waals surface area contributed by atoms with Crippen LogP contribution in [0.25, 0.3) is 0 Å². The molecule has 4 nitrogen and oxygen atoms in total. The number of likely N-dealkylation sites (tertiary alicyclic amines) is 1. The van der Waals surface area contributed by atoms with Crippen LogP contribution in [-0.4, -0.2) is 49.1 Å². The minimum atomic E-state index is 0.255. The summed E-state index contributed by atoms with van der Waals surface area (Å²) in [6, 6.07) is 1.04. The van der Waals surface area contributed by atoms with E-state index in [1.54, 1.807) is 0 Å². The standard InChI is InChI=1S/C14H27N3O/c1-11(2)15-7-3-8-17-9-6-13-12(10-17)4-5-14(18)16-13/h11-13,15H,3-10H2,1-2H3,(H,16,18). The van der Waals surface area contributed by atoms with Crippen LogP contribution in [0.3, 0.4) is 0 Å². The molecule has 0 bridgehead atoms. The molecular formula is C14H27N3O. The molecule has 2 rings (SSSR count). The van der Waals surface area contributed by atoms with Gasteiger partial charge in [-0.3, -0.25) is 4.79 Å². The van der Waals surface area contributed by atoms with Gasteiger partial charge in [0.1, 0.15) is 0 Å². The Bertz CT molecular complexity index is 280. The van der Waals surface area contributed by atoms with Gasteiger partial charge in [-0.25, -0.2) is 0 Å². The second-order valence-electron chi connectivity index (χ2n) is 6.02. The quantitative estimate of drug-likeness (QED) is 0.718. The predicted molar refractivity (Wildman–Crippen MR) is 73.5 cm³/mol. The van der Waals surface area contributed by atoms with Crippen molar-refractivity contribution in [1.29, 1.82) is 0 Å². The Kier molecular flexibility index (Phi) is 5.01. The normalized spacial score (nSPS) is 29.2. The van der Waals surface area contributed by atoms with Gasteiger partial charge in [0, 0.05) is 31.6 Å². The van der Waals surface area contributed by atoms with Gasteiger partial charge in [-0.05, 0) is 38.3 Å². The summed E-state index contributed by atoms with van der Waals surface area (Å²) in [5.74, 6) is 0.945. The number of nitrogens with one attached hydrogen (secondary N) is 2. The monoisotopic (exact) mass is 253 g/mol. The van der Waals surface area contributed by atoms with Crippen molar-refractivity contribution in [3.8, 4) is 0 Å². The Morgan fingerprint density at radius 3 is 3.06 bits per heavy atom. The predicted octanol–water partition coefficient (Wildman–Crippen LogP) is 0.975. The van der Waals surface area contributed by atoms with Crippen molar-refractivity contribution in [1.82, 2.24) is 15.5 Å². The minimum absolute atomic E-state index is 0.255. The first-order valence-corrected chi connectivity index (χ1v) is 7.40. The number of rotatable bonds is 5. The van der Waals surface area contributed by atoms with Gasteiger partial charge in [0.25, 0.3) is 0 Å². The SMILES string of the molecule is CC(C)NCCCN1CCC2NC(=O)CCC2C1. The van der Waals surface area contributed by atoms with Crippen LogP contribution in [0, 0.1) is 5.92 Å². The molecule has 0 radical (unpaired) electrons. The summed E-state index contributed by atoms with van der Waals surface area (Å²) in [6.45, 7) is 9.00. The molecule has 2 aliphatic rings. The highest BCUT2D eigenvalue weighted by atomic mass is 16.1. The fourth-order valence-corrected chi connectivity index (χ4v) is 3.08. The van der Waals surface area contributed by atoms with Crippen molar-refractivity contribution in [3.05, 3.63) is 0 Å². The zero-order valence-corrected chi connectivity index (χ0v) is 11.7. The number of hydrogen-bond acceptors (Lipinski definition) is 3. The fraction of sp³-hybridized carbons (Fsp3) is 0.929. The molecule has 0 aromatic rings. The molecule has 0 saturated carbocycles. The maximum atomic E-state index is 11.3. The summed E-state index contributed by atoms with van der Waals surface area (Å²) >= 11 is 0. The van der Waals surface area contributed by atoms with Crippen molar-refractivity contribution in [2.24, 2.45) is 5.92 Å². The van der Waals surface area contributed by atoms with Crippen LogP contribution in [0.15, 0.2) is 0 Å². The number of fused-ring (bicyclic) bond motifs is 1. The van der Waals surface area contributed by atoms with Crippen LogP contribution >= 0.6 is 0 Å². The summed E-state index contributed by atoms with van der Waals surface area (Å²) in [6.07, 6.45) is 4.16. The smallest absolute Gasteiger partial charge is 0.220 e. The van der Waals surface area contributed by atoms with Gasteiger partial charge < -0.3 is 15.5 Å². The van der Waals surface area contributed by atoms with Gasteiger partial charge in [-0.15, -0.1) is 0 Å². The van der Waals surface area contributed by atoms with Crippen LogP contribution in [0.4, 0.5) is 0 Å². The van der Waals surface area contributed by atoms with Crippen molar-refractivity contribution in [2.75, 3.05) is 26.2 Å². The molecule has 18 heavy (non-hydrogen) atoms. The van der Waals surface area contributed by atoms with E-state index in [-0.39, 0.29) is 5.91 Å². The first-order chi connectivity index (χ1) is 8.65. The second-order valence-corrected chi connectivity index (χ2v) is 6.02. The van der Waals surface area contributed by atoms with Gasteiger partial charge >= 0.3 is 0 Å². The highest BCUT2D eigenvalue weighted by Gasteiger charge is 2.33. The Hall–Kier alpha value is -0.610. The largest absolute Gasteiger partial charge is 0.353 e. The number of piperidine rings is 2. The highest BCUT2D eigenvalue weighted by Crippen LogP contribution is 2.25. The lowest BCUT2D eigenvalue weighted by atomic mass is 9.85. The summed E-state index contributed by atoms with van der Waals surface area (Å²) in [5.41, 5.74) is 0. The molecule has 2 heterocycles. The molecule has 0 aromatic heterocycles. The Balaban J connectivity index is 1.66. The van der Waals surface area contributed by atoms with E-state index in [0.717, 1.165) is 32.4 Å². The Morgan fingerprint density at radius 2 is 2.28 bits per heavy atom. The first kappa shape index (κ1) is 13.8. The molecule has 0 aromatic carbocycles. The summed E-state index contributed by atoms with van der Waals surface area (Å²) < 4.78 is 0. The molecule has 2 unspecified atom stereocenters. The molecule has 4 heteroatoms. The third-order valence-electron chi connectivity index (χ3n) is 4.11. The molecule has 0 aliphatic carbocycles. The summed E-state index contributed by atoms with van der Waals surface area (Å²) in [4.78, 5) is 13.9. The summed E-state index contributed by atoms with van der Waals surface area (Å²) in [5, 5.41) is 6.61. The molecular weight excluding hydrogens is 226 g/mol. The average molecular weight is 253 g/mol. The van der Waals surface area contributed by atoms with Gasteiger partial charge in [0.05, 0.1) is 0 Å². The highest BCUT2D eigenvalue weighted by molar-refractivity contribution is 5.77. The molecule has 2 saturated heterocycles. The number of carbonyl (C=O) groups is 1. The van der Waals surface area contributed by atoms with Gasteiger partial charge in [-0.1, -0.05) is 13.8 Å². The van der Waals surface area contributed by atoms with E-state index in [9.17, 15) is 4.79 Å². The van der Waals surface area contributed by atoms with E-state index >= 15 is 0 Å². The zero-order chi connectivity index (χ0) is 13.0. The lowest BCUT2D eigenvalue weighted by Gasteiger charge is -2.41. The van der Waals surface area contributed by atoms with E-state index in [4.69, 9.17) is 0 Å². The third kappa shape index (κ3) is 3.95. The fourth-order valence-electron chi connectivity index (χ4n) is 3.08. The van der Waals surface area contributed by atoms with E-state index < -0.39 is 0 Å². The number of hydrogen-bond donors (Lipinski definition) is 2. The first-order valence-electron chi connectivity index (χ1n) is 7.40. The van der Waals surface area contributed by atoms with E-state index in [2.05, 4.69) is 29.4 Å². The molecule has 2 N–H and O–H groups in total. The zero-order valence-electron chi connectivity index (χ0n) is 11.7. The maximum Gasteiger partial charge on any atom is 0.220 e. The molecule has 2 atom stereocenters. The molecule has 0 spiro atoms. The topological polar surface area (TPSA) is 44.4 Å². The number of carbonyl (C=O) groups excluding carboxylic acids is 1. The van der Waals surface area contributed by atoms with Crippen molar-refractivity contribution >= 4 is 5.91 Å². The average Bonchev–Trinajstić information content (AvgIpc) is 2.34. The van der Waals surface area contributed by atoms with Crippen LogP contribution in [0.1, 0.15) is 39.5 Å². The lowest BCUT2D eigenvalue weighted by molar-refractivity contribution is -0.125. The number of nitrogens with zero attached hydrogens (tertiary/aromatic N) is 1. The maximum absolute atomic E-state index is 11.3. The van der Waals surface area contributed by atoms with Gasteiger partial charge in [-0.2, -0.15) is 0 Å². The van der Waals surface area contributed by atoms with E-state index in [1.165, 1.54) is 19.5 Å². The molecule has 2 fully saturated rings.